The third kappa shape index (κ3) is 1.38. The van der Waals surface area contributed by atoms with E-state index in [2.05, 4.69) is 10.0 Å². The minimum Gasteiger partial charge on any atom is -0.384 e. The molecule has 0 aliphatic carbocycles. The van der Waals surface area contributed by atoms with Gasteiger partial charge in [0.2, 0.25) is 10.0 Å². The van der Waals surface area contributed by atoms with Crippen LogP contribution < -0.4 is 10.0 Å². The third-order valence-electron chi connectivity index (χ3n) is 2.38. The highest BCUT2D eigenvalue weighted by atomic mass is 32.2. The quantitative estimate of drug-likeness (QED) is 0.753. The Morgan fingerprint density at radius 2 is 2.21 bits per heavy atom. The Morgan fingerprint density at radius 1 is 1.43 bits per heavy atom. The van der Waals surface area contributed by atoms with Gasteiger partial charge in [-0.2, -0.15) is 0 Å². The Labute approximate surface area is 83.4 Å². The van der Waals surface area contributed by atoms with Gasteiger partial charge >= 0.3 is 0 Å². The van der Waals surface area contributed by atoms with Gasteiger partial charge in [-0.25, -0.2) is 13.1 Å². The van der Waals surface area contributed by atoms with Crippen LogP contribution in [-0.4, -0.2) is 22.0 Å². The lowest BCUT2D eigenvalue weighted by Gasteiger charge is -2.07. The zero-order valence-corrected chi connectivity index (χ0v) is 8.69. The minimum atomic E-state index is -3.31. The highest BCUT2D eigenvalue weighted by Gasteiger charge is 2.21. The molecule has 1 aliphatic heterocycles. The van der Waals surface area contributed by atoms with E-state index in [9.17, 15) is 8.42 Å². The fourth-order valence-electron chi connectivity index (χ4n) is 1.67. The number of benzene rings is 1. The summed E-state index contributed by atoms with van der Waals surface area (Å²) in [7, 11) is -1.89. The monoisotopic (exact) mass is 212 g/mol. The van der Waals surface area contributed by atoms with Crippen LogP contribution in [-0.2, 0) is 16.4 Å². The van der Waals surface area contributed by atoms with E-state index < -0.39 is 10.0 Å². The van der Waals surface area contributed by atoms with Gasteiger partial charge in [0.25, 0.3) is 0 Å². The molecule has 0 atom stereocenters. The van der Waals surface area contributed by atoms with Gasteiger partial charge in [-0.15, -0.1) is 0 Å². The molecular weight excluding hydrogens is 200 g/mol. The van der Waals surface area contributed by atoms with E-state index in [4.69, 9.17) is 0 Å². The van der Waals surface area contributed by atoms with Crippen LogP contribution >= 0.6 is 0 Å². The molecule has 0 saturated heterocycles. The van der Waals surface area contributed by atoms with Crippen molar-refractivity contribution in [3.05, 3.63) is 23.8 Å². The molecule has 0 saturated carbocycles. The van der Waals surface area contributed by atoms with Crippen molar-refractivity contribution in [3.63, 3.8) is 0 Å². The van der Waals surface area contributed by atoms with E-state index in [0.29, 0.717) is 4.90 Å². The molecule has 2 N–H and O–H groups in total. The van der Waals surface area contributed by atoms with Crippen molar-refractivity contribution in [1.82, 2.24) is 4.72 Å². The Morgan fingerprint density at radius 3 is 2.93 bits per heavy atom. The number of sulfonamides is 1. The van der Waals surface area contributed by atoms with E-state index in [1.807, 2.05) is 6.07 Å². The lowest BCUT2D eigenvalue weighted by atomic mass is 10.2. The summed E-state index contributed by atoms with van der Waals surface area (Å²) in [5.41, 5.74) is 1.82. The lowest BCUT2D eigenvalue weighted by Crippen LogP contribution is -2.19. The molecule has 0 unspecified atom stereocenters. The van der Waals surface area contributed by atoms with Crippen LogP contribution in [0.15, 0.2) is 23.1 Å². The van der Waals surface area contributed by atoms with Gasteiger partial charge in [0, 0.05) is 12.2 Å². The Bertz CT molecular complexity index is 454. The van der Waals surface area contributed by atoms with Gasteiger partial charge in [-0.3, -0.25) is 0 Å². The van der Waals surface area contributed by atoms with Crippen LogP contribution in [0, 0.1) is 0 Å². The first-order valence-corrected chi connectivity index (χ1v) is 5.93. The highest BCUT2D eigenvalue weighted by molar-refractivity contribution is 7.89. The molecule has 0 spiro atoms. The largest absolute Gasteiger partial charge is 0.384 e. The summed E-state index contributed by atoms with van der Waals surface area (Å²) in [6.07, 6.45) is 0.770. The first kappa shape index (κ1) is 9.48. The summed E-state index contributed by atoms with van der Waals surface area (Å²) in [4.78, 5) is 0.391. The topological polar surface area (TPSA) is 58.2 Å². The summed E-state index contributed by atoms with van der Waals surface area (Å²) >= 11 is 0. The fourth-order valence-corrected chi connectivity index (χ4v) is 2.69. The van der Waals surface area contributed by atoms with E-state index in [1.165, 1.54) is 7.05 Å². The zero-order chi connectivity index (χ0) is 10.2. The van der Waals surface area contributed by atoms with Crippen LogP contribution in [0.25, 0.3) is 0 Å². The van der Waals surface area contributed by atoms with Crippen LogP contribution in [0.1, 0.15) is 5.56 Å². The van der Waals surface area contributed by atoms with Crippen LogP contribution in [0.2, 0.25) is 0 Å². The number of nitrogens with one attached hydrogen (secondary N) is 2. The van der Waals surface area contributed by atoms with E-state index in [0.717, 1.165) is 24.2 Å². The molecule has 1 aliphatic rings. The fraction of sp³-hybridized carbons (Fsp3) is 0.333. The molecule has 2 rings (SSSR count). The molecule has 1 heterocycles. The van der Waals surface area contributed by atoms with E-state index in [1.54, 1.807) is 12.1 Å². The number of anilines is 1. The number of hydrogen-bond donors (Lipinski definition) is 2. The molecule has 0 radical (unpaired) electrons. The Kier molecular flexibility index (Phi) is 2.20. The molecule has 5 heteroatoms. The van der Waals surface area contributed by atoms with Crippen LogP contribution in [0.4, 0.5) is 5.69 Å². The molecule has 1 aromatic rings. The second-order valence-corrected chi connectivity index (χ2v) is 5.02. The smallest absolute Gasteiger partial charge is 0.240 e. The molecule has 4 nitrogen and oxygen atoms in total. The normalized spacial score (nSPS) is 14.9. The predicted molar refractivity (Wildman–Crippen MR) is 54.9 cm³/mol. The van der Waals surface area contributed by atoms with Crippen molar-refractivity contribution in [2.75, 3.05) is 18.9 Å². The molecule has 0 amide bonds. The maximum Gasteiger partial charge on any atom is 0.240 e. The number of hydrogen-bond acceptors (Lipinski definition) is 3. The van der Waals surface area contributed by atoms with Crippen molar-refractivity contribution >= 4 is 15.7 Å². The van der Waals surface area contributed by atoms with Gasteiger partial charge < -0.3 is 5.32 Å². The summed E-state index contributed by atoms with van der Waals surface area (Å²) in [5, 5.41) is 3.14. The first-order chi connectivity index (χ1) is 6.65. The average Bonchev–Trinajstić information content (AvgIpc) is 2.64. The van der Waals surface area contributed by atoms with Gasteiger partial charge in [-0.05, 0) is 31.2 Å². The third-order valence-corrected chi connectivity index (χ3v) is 3.88. The molecule has 76 valence electrons. The van der Waals surface area contributed by atoms with Crippen molar-refractivity contribution in [1.29, 1.82) is 0 Å². The van der Waals surface area contributed by atoms with Crippen molar-refractivity contribution in [3.8, 4) is 0 Å². The maximum atomic E-state index is 11.6. The summed E-state index contributed by atoms with van der Waals surface area (Å²) in [6.45, 7) is 0.811. The maximum absolute atomic E-state index is 11.6. The van der Waals surface area contributed by atoms with Crippen LogP contribution in [0.3, 0.4) is 0 Å². The molecule has 1 aromatic carbocycles. The van der Waals surface area contributed by atoms with Gasteiger partial charge in [0.05, 0.1) is 4.90 Å². The predicted octanol–water partition coefficient (Wildman–Crippen LogP) is 0.563. The molecule has 0 fully saturated rings. The van der Waals surface area contributed by atoms with Gasteiger partial charge in [0.1, 0.15) is 0 Å². The first-order valence-electron chi connectivity index (χ1n) is 4.44. The SMILES string of the molecule is CNS(=O)(=O)c1cccc2c1CCN2. The molecule has 14 heavy (non-hydrogen) atoms. The van der Waals surface area contributed by atoms with Gasteiger partial charge in [0.15, 0.2) is 0 Å². The van der Waals surface area contributed by atoms with Crippen LogP contribution in [0.5, 0.6) is 0 Å². The standard InChI is InChI=1S/C9H12N2O2S/c1-10-14(12,13)9-4-2-3-8-7(9)5-6-11-8/h2-4,10-11H,5-6H2,1H3. The second-order valence-electron chi connectivity index (χ2n) is 3.17. The van der Waals surface area contributed by atoms with E-state index >= 15 is 0 Å². The highest BCUT2D eigenvalue weighted by Crippen LogP contribution is 2.28. The number of fused-ring (bicyclic) bond motifs is 1. The summed E-state index contributed by atoms with van der Waals surface area (Å²) in [5.74, 6) is 0. The Hall–Kier alpha value is -1.07. The minimum absolute atomic E-state index is 0.391. The second kappa shape index (κ2) is 3.25. The molecular formula is C9H12N2O2S. The summed E-state index contributed by atoms with van der Waals surface area (Å²) in [6, 6.07) is 5.29. The zero-order valence-electron chi connectivity index (χ0n) is 7.87. The number of rotatable bonds is 2. The summed E-state index contributed by atoms with van der Waals surface area (Å²) < 4.78 is 25.6. The average molecular weight is 212 g/mol. The van der Waals surface area contributed by atoms with Crippen molar-refractivity contribution < 1.29 is 8.42 Å². The van der Waals surface area contributed by atoms with Gasteiger partial charge in [-0.1, -0.05) is 6.07 Å². The van der Waals surface area contributed by atoms with E-state index in [-0.39, 0.29) is 0 Å². The molecule has 0 bridgehead atoms. The van der Waals surface area contributed by atoms with Crippen molar-refractivity contribution in [2.45, 2.75) is 11.3 Å². The lowest BCUT2D eigenvalue weighted by molar-refractivity contribution is 0.587. The van der Waals surface area contributed by atoms with Crippen molar-refractivity contribution in [2.24, 2.45) is 0 Å². The Balaban J connectivity index is 2.61. The molecule has 0 aromatic heterocycles.